The maximum atomic E-state index is 10.7. The molecule has 2 unspecified atom stereocenters. The molecule has 0 radical (unpaired) electrons. The summed E-state index contributed by atoms with van der Waals surface area (Å²) in [6, 6.07) is 10.1. The topological polar surface area (TPSA) is 58.6 Å². The number of carboxylic acid groups (broad SMARTS) is 1. The molecular weight excluding hydrogens is 254 g/mol. The molecular formula is C16H25NO3. The van der Waals surface area contributed by atoms with Crippen LogP contribution in [0, 0.1) is 5.92 Å². The minimum absolute atomic E-state index is 0.247. The van der Waals surface area contributed by atoms with Gasteiger partial charge in [-0.3, -0.25) is 4.79 Å². The van der Waals surface area contributed by atoms with E-state index in [1.54, 1.807) is 6.92 Å². The van der Waals surface area contributed by atoms with Crippen LogP contribution in [-0.4, -0.2) is 30.3 Å². The summed E-state index contributed by atoms with van der Waals surface area (Å²) >= 11 is 0. The van der Waals surface area contributed by atoms with Crippen LogP contribution in [0.4, 0.5) is 0 Å². The Morgan fingerprint density at radius 1 is 1.25 bits per heavy atom. The second kappa shape index (κ2) is 9.37. The zero-order valence-electron chi connectivity index (χ0n) is 12.3. The fourth-order valence-corrected chi connectivity index (χ4v) is 1.95. The highest BCUT2D eigenvalue weighted by Gasteiger charge is 2.10. The van der Waals surface area contributed by atoms with Crippen molar-refractivity contribution < 1.29 is 14.6 Å². The van der Waals surface area contributed by atoms with Crippen LogP contribution in [0.5, 0.6) is 5.75 Å². The van der Waals surface area contributed by atoms with Crippen molar-refractivity contribution in [1.82, 2.24) is 5.32 Å². The smallest absolute Gasteiger partial charge is 0.306 e. The highest BCUT2D eigenvalue weighted by atomic mass is 16.5. The van der Waals surface area contributed by atoms with E-state index in [0.29, 0.717) is 12.6 Å². The van der Waals surface area contributed by atoms with Gasteiger partial charge in [0.2, 0.25) is 0 Å². The lowest BCUT2D eigenvalue weighted by Gasteiger charge is -2.15. The second-order valence-corrected chi connectivity index (χ2v) is 5.19. The van der Waals surface area contributed by atoms with Crippen LogP contribution in [0.1, 0.15) is 33.1 Å². The Morgan fingerprint density at radius 2 is 1.95 bits per heavy atom. The third kappa shape index (κ3) is 7.14. The van der Waals surface area contributed by atoms with Crippen LogP contribution in [-0.2, 0) is 4.79 Å². The van der Waals surface area contributed by atoms with E-state index in [1.165, 1.54) is 0 Å². The first-order valence-electron chi connectivity index (χ1n) is 7.23. The van der Waals surface area contributed by atoms with E-state index in [0.717, 1.165) is 31.6 Å². The number of ether oxygens (including phenoxy) is 1. The van der Waals surface area contributed by atoms with Crippen molar-refractivity contribution in [1.29, 1.82) is 0 Å². The SMILES string of the molecule is CC(CCCC(C)C(=O)O)NCCOc1ccccc1. The first kappa shape index (κ1) is 16.5. The highest BCUT2D eigenvalue weighted by molar-refractivity contribution is 5.69. The van der Waals surface area contributed by atoms with E-state index in [4.69, 9.17) is 9.84 Å². The molecule has 0 spiro atoms. The van der Waals surface area contributed by atoms with E-state index in [2.05, 4.69) is 12.2 Å². The number of aliphatic carboxylic acids is 1. The number of para-hydroxylation sites is 1. The Morgan fingerprint density at radius 3 is 2.60 bits per heavy atom. The summed E-state index contributed by atoms with van der Waals surface area (Å²) in [5.41, 5.74) is 0. The molecule has 0 bridgehead atoms. The molecule has 4 nitrogen and oxygen atoms in total. The zero-order chi connectivity index (χ0) is 14.8. The molecule has 0 aliphatic heterocycles. The predicted molar refractivity (Wildman–Crippen MR) is 80.1 cm³/mol. The molecule has 0 aliphatic carbocycles. The summed E-state index contributed by atoms with van der Waals surface area (Å²) in [7, 11) is 0. The van der Waals surface area contributed by atoms with Crippen LogP contribution in [0.15, 0.2) is 30.3 Å². The molecule has 2 N–H and O–H groups in total. The van der Waals surface area contributed by atoms with Gasteiger partial charge in [0, 0.05) is 12.6 Å². The van der Waals surface area contributed by atoms with Gasteiger partial charge < -0.3 is 15.2 Å². The van der Waals surface area contributed by atoms with Gasteiger partial charge in [-0.1, -0.05) is 31.5 Å². The number of nitrogens with one attached hydrogen (secondary N) is 1. The van der Waals surface area contributed by atoms with Gasteiger partial charge in [-0.05, 0) is 31.9 Å². The first-order valence-corrected chi connectivity index (χ1v) is 7.23. The van der Waals surface area contributed by atoms with Crippen molar-refractivity contribution in [2.75, 3.05) is 13.2 Å². The minimum Gasteiger partial charge on any atom is -0.492 e. The number of carboxylic acids is 1. The van der Waals surface area contributed by atoms with Crippen molar-refractivity contribution in [3.63, 3.8) is 0 Å². The molecule has 0 saturated heterocycles. The van der Waals surface area contributed by atoms with Crippen LogP contribution in [0.3, 0.4) is 0 Å². The van der Waals surface area contributed by atoms with E-state index in [1.807, 2.05) is 30.3 Å². The van der Waals surface area contributed by atoms with Crippen LogP contribution in [0.2, 0.25) is 0 Å². The first-order chi connectivity index (χ1) is 9.59. The summed E-state index contributed by atoms with van der Waals surface area (Å²) in [4.78, 5) is 10.7. The Kier molecular flexibility index (Phi) is 7.73. The molecule has 20 heavy (non-hydrogen) atoms. The summed E-state index contributed by atoms with van der Waals surface area (Å²) in [5.74, 6) is -0.0669. The Bertz CT molecular complexity index is 381. The molecule has 1 aromatic carbocycles. The standard InChI is InChI=1S/C16H25NO3/c1-13(16(18)19)7-6-8-14(2)17-11-12-20-15-9-4-3-5-10-15/h3-5,9-10,13-14,17H,6-8,11-12H2,1-2H3,(H,18,19). The Labute approximate surface area is 121 Å². The lowest BCUT2D eigenvalue weighted by molar-refractivity contribution is -0.141. The second-order valence-electron chi connectivity index (χ2n) is 5.19. The maximum absolute atomic E-state index is 10.7. The van der Waals surface area contributed by atoms with Gasteiger partial charge in [0.1, 0.15) is 12.4 Å². The van der Waals surface area contributed by atoms with Gasteiger partial charge in [0.15, 0.2) is 0 Å². The third-order valence-corrected chi connectivity index (χ3v) is 3.30. The fraction of sp³-hybridized carbons (Fsp3) is 0.562. The summed E-state index contributed by atoms with van der Waals surface area (Å²) in [6.07, 6.45) is 2.66. The van der Waals surface area contributed by atoms with Crippen molar-refractivity contribution in [3.8, 4) is 5.75 Å². The lowest BCUT2D eigenvalue weighted by atomic mass is 10.0. The van der Waals surface area contributed by atoms with Gasteiger partial charge in [0.25, 0.3) is 0 Å². The number of hydrogen-bond donors (Lipinski definition) is 2. The van der Waals surface area contributed by atoms with Crippen LogP contribution in [0.25, 0.3) is 0 Å². The molecule has 0 saturated carbocycles. The highest BCUT2D eigenvalue weighted by Crippen LogP contribution is 2.10. The molecule has 112 valence electrons. The molecule has 0 aliphatic rings. The summed E-state index contributed by atoms with van der Waals surface area (Å²) in [6.45, 7) is 5.31. The van der Waals surface area contributed by atoms with E-state index in [-0.39, 0.29) is 5.92 Å². The largest absolute Gasteiger partial charge is 0.492 e. The zero-order valence-corrected chi connectivity index (χ0v) is 12.3. The lowest BCUT2D eigenvalue weighted by Crippen LogP contribution is -2.30. The van der Waals surface area contributed by atoms with Crippen molar-refractivity contribution in [2.24, 2.45) is 5.92 Å². The van der Waals surface area contributed by atoms with Crippen molar-refractivity contribution in [2.45, 2.75) is 39.2 Å². The molecule has 1 aromatic rings. The average molecular weight is 279 g/mol. The number of carbonyl (C=O) groups is 1. The van der Waals surface area contributed by atoms with Gasteiger partial charge in [-0.15, -0.1) is 0 Å². The molecule has 2 atom stereocenters. The summed E-state index contributed by atoms with van der Waals surface area (Å²) < 4.78 is 5.59. The number of hydrogen-bond acceptors (Lipinski definition) is 3. The normalized spacial score (nSPS) is 13.7. The molecule has 0 amide bonds. The third-order valence-electron chi connectivity index (χ3n) is 3.30. The average Bonchev–Trinajstić information content (AvgIpc) is 2.44. The minimum atomic E-state index is -0.707. The van der Waals surface area contributed by atoms with Crippen LogP contribution >= 0.6 is 0 Å². The molecule has 1 rings (SSSR count). The van der Waals surface area contributed by atoms with E-state index < -0.39 is 5.97 Å². The van der Waals surface area contributed by atoms with Crippen molar-refractivity contribution >= 4 is 5.97 Å². The summed E-state index contributed by atoms with van der Waals surface area (Å²) in [5, 5.41) is 12.2. The Balaban J connectivity index is 2.03. The molecule has 0 heterocycles. The van der Waals surface area contributed by atoms with Crippen LogP contribution < -0.4 is 10.1 Å². The van der Waals surface area contributed by atoms with Gasteiger partial charge in [-0.25, -0.2) is 0 Å². The Hall–Kier alpha value is -1.55. The quantitative estimate of drug-likeness (QED) is 0.647. The van der Waals surface area contributed by atoms with Crippen molar-refractivity contribution in [3.05, 3.63) is 30.3 Å². The van der Waals surface area contributed by atoms with Gasteiger partial charge >= 0.3 is 5.97 Å². The van der Waals surface area contributed by atoms with E-state index in [9.17, 15) is 4.79 Å². The maximum Gasteiger partial charge on any atom is 0.306 e. The number of benzene rings is 1. The predicted octanol–water partition coefficient (Wildman–Crippen LogP) is 2.93. The number of rotatable bonds is 10. The monoisotopic (exact) mass is 279 g/mol. The molecule has 0 fully saturated rings. The van der Waals surface area contributed by atoms with Gasteiger partial charge in [-0.2, -0.15) is 0 Å². The molecule has 4 heteroatoms. The fourth-order valence-electron chi connectivity index (χ4n) is 1.95. The van der Waals surface area contributed by atoms with E-state index >= 15 is 0 Å². The molecule has 0 aromatic heterocycles. The van der Waals surface area contributed by atoms with Gasteiger partial charge in [0.05, 0.1) is 5.92 Å².